The van der Waals surface area contributed by atoms with E-state index in [1.54, 1.807) is 27.0 Å². The van der Waals surface area contributed by atoms with Crippen LogP contribution in [0, 0.1) is 35.5 Å². The fraction of sp³-hybridized carbons (Fsp3) is 0.724. The van der Waals surface area contributed by atoms with Gasteiger partial charge in [0.15, 0.2) is 26.2 Å². The average Bonchev–Trinajstić information content (AvgIpc) is 3.94. The molecule has 6 rings (SSSR count). The minimum atomic E-state index is -2.09. The van der Waals surface area contributed by atoms with Gasteiger partial charge in [-0.05, 0) is 87.2 Å². The molecule has 0 aromatic heterocycles. The monoisotopic (exact) mass is 1010 g/mol. The first kappa shape index (κ1) is 57.5. The van der Waals surface area contributed by atoms with Crippen molar-refractivity contribution in [2.75, 3.05) is 20.3 Å². The van der Waals surface area contributed by atoms with Crippen LogP contribution in [0.15, 0.2) is 72.8 Å². The van der Waals surface area contributed by atoms with Crippen LogP contribution < -0.4 is 0 Å². The summed E-state index contributed by atoms with van der Waals surface area (Å²) in [6.45, 7) is 30.7. The molecular weight excluding hydrogens is 917 g/mol. The van der Waals surface area contributed by atoms with Crippen LogP contribution >= 0.6 is 0 Å². The first-order valence-corrected chi connectivity index (χ1v) is 29.6. The smallest absolute Gasteiger partial charge is 0.305 e. The number of ether oxygens (including phenoxy) is 8. The van der Waals surface area contributed by atoms with Crippen molar-refractivity contribution in [2.45, 2.75) is 212 Å². The van der Waals surface area contributed by atoms with E-state index >= 15 is 0 Å². The second kappa shape index (κ2) is 23.8. The van der Waals surface area contributed by atoms with Crippen LogP contribution in [0.25, 0.3) is 0 Å². The number of esters is 1. The van der Waals surface area contributed by atoms with Gasteiger partial charge in [-0.2, -0.15) is 0 Å². The second-order valence-electron chi connectivity index (χ2n) is 23.8. The molecule has 12 nitrogen and oxygen atoms in total. The van der Waals surface area contributed by atoms with Crippen molar-refractivity contribution >= 4 is 20.1 Å². The molecule has 0 radical (unpaired) electrons. The highest BCUT2D eigenvalue weighted by molar-refractivity contribution is 6.74. The molecule has 398 valence electrons. The Morgan fingerprint density at radius 3 is 2.21 bits per heavy atom. The van der Waals surface area contributed by atoms with Crippen molar-refractivity contribution in [3.8, 4) is 0 Å². The van der Waals surface area contributed by atoms with Gasteiger partial charge < -0.3 is 47.4 Å². The van der Waals surface area contributed by atoms with Gasteiger partial charge >= 0.3 is 5.97 Å². The number of methoxy groups -OCH3 is 1. The van der Waals surface area contributed by atoms with Crippen molar-refractivity contribution in [3.63, 3.8) is 0 Å². The molecule has 4 saturated heterocycles. The Morgan fingerprint density at radius 2 is 1.58 bits per heavy atom. The van der Waals surface area contributed by atoms with E-state index in [-0.39, 0.29) is 83.5 Å². The quantitative estimate of drug-likeness (QED) is 0.0724. The van der Waals surface area contributed by atoms with Gasteiger partial charge in [-0.3, -0.25) is 9.59 Å². The zero-order valence-corrected chi connectivity index (χ0v) is 46.8. The Kier molecular flexibility index (Phi) is 19.3. The van der Waals surface area contributed by atoms with E-state index in [1.807, 2.05) is 55.5 Å². The van der Waals surface area contributed by atoms with Gasteiger partial charge in [0.05, 0.1) is 48.8 Å². The molecule has 2 aromatic rings. The molecular formula is C58H90O12Si. The summed E-state index contributed by atoms with van der Waals surface area (Å²) in [5.41, 5.74) is -0.168. The fourth-order valence-electron chi connectivity index (χ4n) is 11.3. The van der Waals surface area contributed by atoms with E-state index < -0.39 is 56.0 Å². The van der Waals surface area contributed by atoms with E-state index in [0.29, 0.717) is 32.7 Å². The molecule has 1 N–H and O–H groups in total. The molecule has 4 aliphatic heterocycles. The van der Waals surface area contributed by atoms with Crippen LogP contribution in [-0.2, 0) is 58.5 Å². The first-order valence-electron chi connectivity index (χ1n) is 26.6. The normalized spacial score (nSPS) is 35.0. The second-order valence-corrected chi connectivity index (χ2v) is 28.6. The van der Waals surface area contributed by atoms with Crippen molar-refractivity contribution in [3.05, 3.63) is 83.9 Å². The summed E-state index contributed by atoms with van der Waals surface area (Å²) in [7, 11) is -0.384. The number of allylic oxidation sites excluding steroid dienone is 1. The highest BCUT2D eigenvalue weighted by atomic mass is 28.4. The lowest BCUT2D eigenvalue weighted by Crippen LogP contribution is -2.57. The topological polar surface area (TPSA) is 137 Å². The summed E-state index contributed by atoms with van der Waals surface area (Å²) in [5.74, 6) is -1.46. The number of rotatable bonds is 21. The van der Waals surface area contributed by atoms with Gasteiger partial charge in [0.2, 0.25) is 0 Å². The van der Waals surface area contributed by atoms with Crippen LogP contribution in [-0.4, -0.2) is 105 Å². The summed E-state index contributed by atoms with van der Waals surface area (Å²) >= 11 is 0. The Hall–Kier alpha value is -2.82. The average molecular weight is 1010 g/mol. The third kappa shape index (κ3) is 13.7. The SMILES string of the molecule is CCC(=O)O[C@H]([C@H](C)[C@H]1O[C@@H](c2ccccc2)O[C@@H](CC(=O)/C=C/[C@](C)(O)[C@H]2CC[C@@](C)([C@@H]3O[C@@H]([C@H]4O[C@](COCc5ccccc5)(OC)[C@H](C)C[C@@H]4C)C[C@@H]3C)O2)[C@H]1C)[C@H](C)CO[Si](C)(C)C(C)(C)C. The summed E-state index contributed by atoms with van der Waals surface area (Å²) in [5, 5.41) is 12.0. The van der Waals surface area contributed by atoms with Gasteiger partial charge in [-0.1, -0.05) is 130 Å². The molecule has 0 saturated carbocycles. The lowest BCUT2D eigenvalue weighted by molar-refractivity contribution is -0.336. The van der Waals surface area contributed by atoms with E-state index in [4.69, 9.17) is 42.3 Å². The summed E-state index contributed by atoms with van der Waals surface area (Å²) in [6.07, 6.45) is 3.03. The number of hydrogen-bond acceptors (Lipinski definition) is 12. The van der Waals surface area contributed by atoms with Gasteiger partial charge in [0.25, 0.3) is 0 Å². The molecule has 13 heteroatoms. The predicted octanol–water partition coefficient (Wildman–Crippen LogP) is 11.3. The van der Waals surface area contributed by atoms with Gasteiger partial charge in [0, 0.05) is 55.8 Å². The molecule has 4 fully saturated rings. The van der Waals surface area contributed by atoms with Gasteiger partial charge in [-0.25, -0.2) is 0 Å². The van der Waals surface area contributed by atoms with Crippen LogP contribution in [0.4, 0.5) is 0 Å². The number of hydrogen-bond donors (Lipinski definition) is 1. The number of ketones is 1. The van der Waals surface area contributed by atoms with Crippen LogP contribution in [0.5, 0.6) is 0 Å². The Balaban J connectivity index is 1.10. The van der Waals surface area contributed by atoms with E-state index in [2.05, 4.69) is 87.5 Å². The number of carbonyl (C=O) groups excluding carboxylic acids is 2. The van der Waals surface area contributed by atoms with Gasteiger partial charge in [0.1, 0.15) is 18.3 Å². The summed E-state index contributed by atoms with van der Waals surface area (Å²) in [4.78, 5) is 27.0. The Bertz CT molecular complexity index is 2040. The molecule has 0 bridgehead atoms. The van der Waals surface area contributed by atoms with Crippen molar-refractivity contribution in [1.82, 2.24) is 0 Å². The molecule has 0 aliphatic carbocycles. The van der Waals surface area contributed by atoms with Gasteiger partial charge in [-0.15, -0.1) is 0 Å². The minimum Gasteiger partial charge on any atom is -0.462 e. The zero-order chi connectivity index (χ0) is 52.1. The Labute approximate surface area is 427 Å². The molecule has 4 heterocycles. The molecule has 71 heavy (non-hydrogen) atoms. The molecule has 0 spiro atoms. The fourth-order valence-corrected chi connectivity index (χ4v) is 12.4. The predicted molar refractivity (Wildman–Crippen MR) is 278 cm³/mol. The lowest BCUT2D eigenvalue weighted by Gasteiger charge is -2.48. The molecule has 0 amide bonds. The highest BCUT2D eigenvalue weighted by Gasteiger charge is 2.56. The van der Waals surface area contributed by atoms with Crippen LogP contribution in [0.3, 0.4) is 0 Å². The van der Waals surface area contributed by atoms with E-state index in [1.165, 1.54) is 6.08 Å². The van der Waals surface area contributed by atoms with E-state index in [0.717, 1.165) is 24.0 Å². The van der Waals surface area contributed by atoms with Crippen LogP contribution in [0.1, 0.15) is 139 Å². The lowest BCUT2D eigenvalue weighted by atomic mass is 9.80. The third-order valence-corrected chi connectivity index (χ3v) is 21.4. The zero-order valence-electron chi connectivity index (χ0n) is 45.8. The first-order chi connectivity index (χ1) is 33.3. The summed E-state index contributed by atoms with van der Waals surface area (Å²) in [6, 6.07) is 19.8. The number of benzene rings is 2. The van der Waals surface area contributed by atoms with Crippen molar-refractivity contribution in [1.29, 1.82) is 0 Å². The number of carbonyl (C=O) groups is 2. The van der Waals surface area contributed by atoms with E-state index in [9.17, 15) is 14.7 Å². The maximum absolute atomic E-state index is 14.0. The third-order valence-electron chi connectivity index (χ3n) is 16.9. The minimum absolute atomic E-state index is 0.0256. The number of aliphatic hydroxyl groups is 1. The molecule has 0 unspecified atom stereocenters. The largest absolute Gasteiger partial charge is 0.462 e. The van der Waals surface area contributed by atoms with Crippen molar-refractivity contribution in [2.24, 2.45) is 35.5 Å². The standard InChI is InChI=1S/C58H90O12Si/c1-16-49(60)67-50(39(4)34-64-71(14,15)55(8,9)10)42(7)52-41(6)46(66-54(68-52)44-25-21-18-22-26-44)33-45(59)27-29-56(11,61)48-28-30-57(12,69-48)53-38(3)32-47(65-53)51-37(2)31-40(5)58(62-13,70-51)36-63-35-43-23-19-17-20-24-43/h17-27,29,37-42,46-48,50-54,61H,16,28,30-36H2,1-15H3/b29-27+/t37-,38-,39+,40+,41+,42-,46-,47+,48+,50-,51-,52-,53+,54-,56-,57-,58-/m0/s1. The van der Waals surface area contributed by atoms with Crippen LogP contribution in [0.2, 0.25) is 18.1 Å². The maximum Gasteiger partial charge on any atom is 0.305 e. The molecule has 2 aromatic carbocycles. The van der Waals surface area contributed by atoms with Crippen molar-refractivity contribution < 1.29 is 57.0 Å². The molecule has 4 aliphatic rings. The highest BCUT2D eigenvalue weighted by Crippen LogP contribution is 2.49. The Morgan fingerprint density at radius 1 is 0.915 bits per heavy atom. The molecule has 17 atom stereocenters. The maximum atomic E-state index is 14.0. The summed E-state index contributed by atoms with van der Waals surface area (Å²) < 4.78 is 59.4.